The lowest BCUT2D eigenvalue weighted by Crippen LogP contribution is -2.14. The zero-order valence-electron chi connectivity index (χ0n) is 14.0. The Morgan fingerprint density at radius 3 is 2.48 bits per heavy atom. The molecule has 0 radical (unpaired) electrons. The van der Waals surface area contributed by atoms with E-state index in [1.165, 1.54) is 0 Å². The summed E-state index contributed by atoms with van der Waals surface area (Å²) < 4.78 is 0. The summed E-state index contributed by atoms with van der Waals surface area (Å²) in [5, 5.41) is 15.7. The SMILES string of the molecule is CN(C)c1ccc(Nc2nc(NCC(=O)O)c3ccccc3n2)cc1. The number of benzene rings is 2. The summed E-state index contributed by atoms with van der Waals surface area (Å²) in [6, 6.07) is 15.3. The first-order chi connectivity index (χ1) is 12.0. The number of aliphatic carboxylic acids is 1. The molecule has 3 N–H and O–H groups in total. The van der Waals surface area contributed by atoms with Crippen molar-refractivity contribution in [2.45, 2.75) is 0 Å². The number of rotatable bonds is 6. The molecule has 3 rings (SSSR count). The summed E-state index contributed by atoms with van der Waals surface area (Å²) in [5.41, 5.74) is 2.68. The lowest BCUT2D eigenvalue weighted by molar-refractivity contribution is -0.134. The number of para-hydroxylation sites is 1. The van der Waals surface area contributed by atoms with Crippen LogP contribution in [0.2, 0.25) is 0 Å². The van der Waals surface area contributed by atoms with Crippen LogP contribution in [0, 0.1) is 0 Å². The van der Waals surface area contributed by atoms with Crippen LogP contribution < -0.4 is 15.5 Å². The second-order valence-electron chi connectivity index (χ2n) is 5.73. The molecule has 0 spiro atoms. The van der Waals surface area contributed by atoms with Crippen molar-refractivity contribution >= 4 is 40.0 Å². The standard InChI is InChI=1S/C18H19N5O2/c1-23(2)13-9-7-12(8-10-13)20-18-21-15-6-4-3-5-14(15)17(22-18)19-11-16(24)25/h3-10H,11H2,1-2H3,(H,24,25)(H2,19,20,21,22). The number of hydrogen-bond acceptors (Lipinski definition) is 6. The summed E-state index contributed by atoms with van der Waals surface area (Å²) >= 11 is 0. The van der Waals surface area contributed by atoms with E-state index < -0.39 is 5.97 Å². The van der Waals surface area contributed by atoms with Gasteiger partial charge in [0.25, 0.3) is 0 Å². The molecule has 0 amide bonds. The summed E-state index contributed by atoms with van der Waals surface area (Å²) in [4.78, 5) is 21.8. The highest BCUT2D eigenvalue weighted by Crippen LogP contribution is 2.24. The van der Waals surface area contributed by atoms with Gasteiger partial charge in [-0.05, 0) is 36.4 Å². The van der Waals surface area contributed by atoms with E-state index in [0.29, 0.717) is 11.8 Å². The second kappa shape index (κ2) is 7.04. The van der Waals surface area contributed by atoms with E-state index in [4.69, 9.17) is 5.11 Å². The molecule has 128 valence electrons. The predicted octanol–water partition coefficient (Wildman–Crippen LogP) is 2.94. The topological polar surface area (TPSA) is 90.4 Å². The Bertz CT molecular complexity index is 894. The molecule has 0 aliphatic carbocycles. The first-order valence-electron chi connectivity index (χ1n) is 7.80. The molecule has 3 aromatic rings. The Morgan fingerprint density at radius 2 is 1.80 bits per heavy atom. The van der Waals surface area contributed by atoms with Crippen molar-refractivity contribution < 1.29 is 9.90 Å². The molecule has 0 atom stereocenters. The monoisotopic (exact) mass is 337 g/mol. The maximum atomic E-state index is 10.8. The lowest BCUT2D eigenvalue weighted by atomic mass is 10.2. The average Bonchev–Trinajstić information content (AvgIpc) is 2.60. The van der Waals surface area contributed by atoms with Gasteiger partial charge in [-0.15, -0.1) is 0 Å². The molecule has 0 fully saturated rings. The van der Waals surface area contributed by atoms with Gasteiger partial charge in [0.2, 0.25) is 5.95 Å². The second-order valence-corrected chi connectivity index (χ2v) is 5.73. The maximum absolute atomic E-state index is 10.8. The number of carboxylic acids is 1. The smallest absolute Gasteiger partial charge is 0.322 e. The van der Waals surface area contributed by atoms with Crippen LogP contribution in [0.1, 0.15) is 0 Å². The van der Waals surface area contributed by atoms with Gasteiger partial charge in [-0.3, -0.25) is 4.79 Å². The van der Waals surface area contributed by atoms with E-state index in [0.717, 1.165) is 22.3 Å². The van der Waals surface area contributed by atoms with Crippen molar-refractivity contribution in [1.29, 1.82) is 0 Å². The number of fused-ring (bicyclic) bond motifs is 1. The summed E-state index contributed by atoms with van der Waals surface area (Å²) in [6.07, 6.45) is 0. The highest BCUT2D eigenvalue weighted by atomic mass is 16.4. The number of carbonyl (C=O) groups is 1. The van der Waals surface area contributed by atoms with Crippen molar-refractivity contribution in [1.82, 2.24) is 9.97 Å². The van der Waals surface area contributed by atoms with Gasteiger partial charge in [0.15, 0.2) is 0 Å². The molecular formula is C18H19N5O2. The molecule has 0 unspecified atom stereocenters. The van der Waals surface area contributed by atoms with Crippen LogP contribution in [0.5, 0.6) is 0 Å². The van der Waals surface area contributed by atoms with Gasteiger partial charge in [0.1, 0.15) is 12.4 Å². The van der Waals surface area contributed by atoms with E-state index in [-0.39, 0.29) is 6.54 Å². The Hall–Kier alpha value is -3.35. The van der Waals surface area contributed by atoms with E-state index in [1.54, 1.807) is 0 Å². The van der Waals surface area contributed by atoms with Gasteiger partial charge in [-0.25, -0.2) is 4.98 Å². The zero-order chi connectivity index (χ0) is 17.8. The number of aromatic nitrogens is 2. The highest BCUT2D eigenvalue weighted by Gasteiger charge is 2.09. The number of carboxylic acid groups (broad SMARTS) is 1. The molecule has 1 aromatic heterocycles. The third-order valence-corrected chi connectivity index (χ3v) is 3.65. The molecule has 25 heavy (non-hydrogen) atoms. The first-order valence-corrected chi connectivity index (χ1v) is 7.80. The fourth-order valence-corrected chi connectivity index (χ4v) is 2.40. The molecule has 0 bridgehead atoms. The minimum absolute atomic E-state index is 0.210. The van der Waals surface area contributed by atoms with Crippen molar-refractivity contribution in [2.24, 2.45) is 0 Å². The van der Waals surface area contributed by atoms with E-state index in [9.17, 15) is 4.79 Å². The molecule has 1 heterocycles. The van der Waals surface area contributed by atoms with E-state index in [2.05, 4.69) is 20.6 Å². The third-order valence-electron chi connectivity index (χ3n) is 3.65. The van der Waals surface area contributed by atoms with Crippen LogP contribution in [0.25, 0.3) is 10.9 Å². The van der Waals surface area contributed by atoms with Gasteiger partial charge in [-0.1, -0.05) is 12.1 Å². The van der Waals surface area contributed by atoms with Gasteiger partial charge in [0.05, 0.1) is 5.52 Å². The van der Waals surface area contributed by atoms with Gasteiger partial charge >= 0.3 is 5.97 Å². The first kappa shape index (κ1) is 16.5. The fraction of sp³-hybridized carbons (Fsp3) is 0.167. The normalized spacial score (nSPS) is 10.5. The number of nitrogens with zero attached hydrogens (tertiary/aromatic N) is 3. The van der Waals surface area contributed by atoms with Crippen molar-refractivity contribution in [3.8, 4) is 0 Å². The average molecular weight is 337 g/mol. The highest BCUT2D eigenvalue weighted by molar-refractivity contribution is 5.91. The van der Waals surface area contributed by atoms with Gasteiger partial charge in [-0.2, -0.15) is 4.98 Å². The predicted molar refractivity (Wildman–Crippen MR) is 99.7 cm³/mol. The Morgan fingerprint density at radius 1 is 1.08 bits per heavy atom. The Kier molecular flexibility index (Phi) is 4.65. The zero-order valence-corrected chi connectivity index (χ0v) is 14.0. The maximum Gasteiger partial charge on any atom is 0.322 e. The minimum Gasteiger partial charge on any atom is -0.480 e. The largest absolute Gasteiger partial charge is 0.480 e. The minimum atomic E-state index is -0.948. The molecule has 7 nitrogen and oxygen atoms in total. The van der Waals surface area contributed by atoms with Crippen LogP contribution in [0.15, 0.2) is 48.5 Å². The molecule has 0 aliphatic heterocycles. The fourth-order valence-electron chi connectivity index (χ4n) is 2.40. The van der Waals surface area contributed by atoms with E-state index in [1.807, 2.05) is 67.5 Å². The number of hydrogen-bond donors (Lipinski definition) is 3. The molecule has 0 saturated heterocycles. The molecule has 7 heteroatoms. The van der Waals surface area contributed by atoms with Crippen LogP contribution in [0.3, 0.4) is 0 Å². The van der Waals surface area contributed by atoms with Crippen molar-refractivity contribution in [2.75, 3.05) is 36.2 Å². The number of nitrogens with one attached hydrogen (secondary N) is 2. The quantitative estimate of drug-likeness (QED) is 0.637. The molecule has 0 saturated carbocycles. The van der Waals surface area contributed by atoms with Crippen LogP contribution in [-0.2, 0) is 4.79 Å². The van der Waals surface area contributed by atoms with Crippen LogP contribution in [-0.4, -0.2) is 41.7 Å². The lowest BCUT2D eigenvalue weighted by Gasteiger charge is -2.14. The Labute approximate surface area is 145 Å². The van der Waals surface area contributed by atoms with Crippen LogP contribution >= 0.6 is 0 Å². The summed E-state index contributed by atoms with van der Waals surface area (Å²) in [6.45, 7) is -0.210. The van der Waals surface area contributed by atoms with Crippen molar-refractivity contribution in [3.63, 3.8) is 0 Å². The van der Waals surface area contributed by atoms with Crippen molar-refractivity contribution in [3.05, 3.63) is 48.5 Å². The van der Waals surface area contributed by atoms with E-state index >= 15 is 0 Å². The van der Waals surface area contributed by atoms with Crippen LogP contribution in [0.4, 0.5) is 23.1 Å². The summed E-state index contributed by atoms with van der Waals surface area (Å²) in [5.74, 6) is -0.0546. The van der Waals surface area contributed by atoms with Gasteiger partial charge in [0, 0.05) is 30.9 Å². The summed E-state index contributed by atoms with van der Waals surface area (Å²) in [7, 11) is 3.96. The number of anilines is 4. The molecular weight excluding hydrogens is 318 g/mol. The Balaban J connectivity index is 1.91. The molecule has 0 aliphatic rings. The molecule has 2 aromatic carbocycles. The third kappa shape index (κ3) is 3.95. The van der Waals surface area contributed by atoms with Gasteiger partial charge < -0.3 is 20.6 Å².